The minimum absolute atomic E-state index is 0.510. The number of halogens is 3. The first-order valence-corrected chi connectivity index (χ1v) is 6.16. The van der Waals surface area contributed by atoms with Crippen LogP contribution < -0.4 is 0 Å². The number of benzene rings is 2. The molecule has 0 amide bonds. The van der Waals surface area contributed by atoms with Crippen molar-refractivity contribution in [2.75, 3.05) is 0 Å². The molecule has 2 aromatic rings. The van der Waals surface area contributed by atoms with Crippen molar-refractivity contribution < 1.29 is 13.2 Å². The maximum atomic E-state index is 12.4. The van der Waals surface area contributed by atoms with Crippen molar-refractivity contribution in [1.29, 1.82) is 0 Å². The third-order valence-corrected chi connectivity index (χ3v) is 2.96. The Morgan fingerprint density at radius 2 is 1.45 bits per heavy atom. The molecule has 0 spiro atoms. The van der Waals surface area contributed by atoms with Crippen molar-refractivity contribution in [1.82, 2.24) is 0 Å². The lowest BCUT2D eigenvalue weighted by molar-refractivity contribution is -0.137. The van der Waals surface area contributed by atoms with Gasteiger partial charge in [0.2, 0.25) is 0 Å². The summed E-state index contributed by atoms with van der Waals surface area (Å²) in [5.41, 5.74) is 2.72. The van der Waals surface area contributed by atoms with E-state index in [4.69, 9.17) is 0 Å². The predicted molar refractivity (Wildman–Crippen MR) is 74.5 cm³/mol. The van der Waals surface area contributed by atoms with Crippen LogP contribution in [0, 0.1) is 6.92 Å². The monoisotopic (exact) mass is 277 g/mol. The molecule has 0 fully saturated rings. The lowest BCUT2D eigenvalue weighted by atomic mass is 10.1. The van der Waals surface area contributed by atoms with E-state index in [1.807, 2.05) is 38.1 Å². The van der Waals surface area contributed by atoms with E-state index >= 15 is 0 Å². The van der Waals surface area contributed by atoms with Crippen molar-refractivity contribution in [3.8, 4) is 0 Å². The fourth-order valence-corrected chi connectivity index (χ4v) is 1.78. The number of hydrogen-bond acceptors (Lipinski definition) is 1. The number of nitrogens with zero attached hydrogens (tertiary/aromatic N) is 1. The van der Waals surface area contributed by atoms with Crippen molar-refractivity contribution in [2.45, 2.75) is 20.0 Å². The first kappa shape index (κ1) is 14.3. The molecule has 0 aliphatic carbocycles. The molecule has 0 aromatic heterocycles. The molecule has 1 nitrogen and oxygen atoms in total. The Morgan fingerprint density at radius 3 is 1.95 bits per heavy atom. The number of alkyl halides is 3. The molecule has 0 saturated heterocycles. The summed E-state index contributed by atoms with van der Waals surface area (Å²) in [4.78, 5) is 4.33. The molecule has 0 unspecified atom stereocenters. The van der Waals surface area contributed by atoms with E-state index in [-0.39, 0.29) is 0 Å². The lowest BCUT2D eigenvalue weighted by Gasteiger charge is -2.06. The maximum Gasteiger partial charge on any atom is 0.416 e. The van der Waals surface area contributed by atoms with Crippen LogP contribution in [0.4, 0.5) is 18.9 Å². The Labute approximate surface area is 115 Å². The molecule has 0 aliphatic rings. The molecule has 2 rings (SSSR count). The largest absolute Gasteiger partial charge is 0.416 e. The van der Waals surface area contributed by atoms with Crippen LogP contribution in [-0.2, 0) is 6.18 Å². The quantitative estimate of drug-likeness (QED) is 0.673. The number of hydrogen-bond donors (Lipinski definition) is 0. The molecule has 0 radical (unpaired) electrons. The van der Waals surface area contributed by atoms with Gasteiger partial charge in [0.25, 0.3) is 0 Å². The summed E-state index contributed by atoms with van der Waals surface area (Å²) in [7, 11) is 0. The molecule has 4 heteroatoms. The van der Waals surface area contributed by atoms with Crippen LogP contribution in [0.15, 0.2) is 53.5 Å². The van der Waals surface area contributed by atoms with Crippen molar-refractivity contribution in [3.05, 3.63) is 65.2 Å². The zero-order chi connectivity index (χ0) is 14.8. The molecule has 0 saturated carbocycles. The van der Waals surface area contributed by atoms with E-state index < -0.39 is 11.7 Å². The molecule has 104 valence electrons. The summed E-state index contributed by atoms with van der Waals surface area (Å²) in [6, 6.07) is 12.7. The van der Waals surface area contributed by atoms with Gasteiger partial charge in [-0.15, -0.1) is 0 Å². The molecular formula is C16H14F3N. The second-order valence-electron chi connectivity index (χ2n) is 4.61. The summed E-state index contributed by atoms with van der Waals surface area (Å²) < 4.78 is 37.3. The highest BCUT2D eigenvalue weighted by molar-refractivity contribution is 6.00. The van der Waals surface area contributed by atoms with Gasteiger partial charge in [-0.05, 0) is 43.7 Å². The molecule has 2 aromatic carbocycles. The van der Waals surface area contributed by atoms with E-state index in [1.54, 1.807) is 0 Å². The van der Waals surface area contributed by atoms with Gasteiger partial charge in [-0.1, -0.05) is 29.8 Å². The first-order valence-electron chi connectivity index (χ1n) is 6.16. The maximum absolute atomic E-state index is 12.4. The molecule has 0 aliphatic heterocycles. The van der Waals surface area contributed by atoms with Crippen LogP contribution >= 0.6 is 0 Å². The van der Waals surface area contributed by atoms with Gasteiger partial charge in [-0.3, -0.25) is 4.99 Å². The van der Waals surface area contributed by atoms with E-state index in [0.717, 1.165) is 29.0 Å². The van der Waals surface area contributed by atoms with Crippen molar-refractivity contribution in [3.63, 3.8) is 0 Å². The zero-order valence-electron chi connectivity index (χ0n) is 11.2. The SMILES string of the molecule is CC(=Nc1ccc(C(F)(F)F)cc1)c1ccc(C)cc1. The van der Waals surface area contributed by atoms with Crippen molar-refractivity contribution >= 4 is 11.4 Å². The zero-order valence-corrected chi connectivity index (χ0v) is 11.2. The van der Waals surface area contributed by atoms with E-state index in [9.17, 15) is 13.2 Å². The summed E-state index contributed by atoms with van der Waals surface area (Å²) in [5.74, 6) is 0. The van der Waals surface area contributed by atoms with Gasteiger partial charge in [-0.25, -0.2) is 0 Å². The summed E-state index contributed by atoms with van der Waals surface area (Å²) >= 11 is 0. The highest BCUT2D eigenvalue weighted by Crippen LogP contribution is 2.30. The number of rotatable bonds is 2. The molecule has 0 N–H and O–H groups in total. The Hall–Kier alpha value is -2.10. The van der Waals surface area contributed by atoms with Crippen LogP contribution in [0.2, 0.25) is 0 Å². The molecule has 0 bridgehead atoms. The van der Waals surface area contributed by atoms with Crippen molar-refractivity contribution in [2.24, 2.45) is 4.99 Å². The fourth-order valence-electron chi connectivity index (χ4n) is 1.78. The average Bonchev–Trinajstić information content (AvgIpc) is 2.39. The smallest absolute Gasteiger partial charge is 0.253 e. The van der Waals surface area contributed by atoms with Crippen LogP contribution in [0.1, 0.15) is 23.6 Å². The van der Waals surface area contributed by atoms with E-state index in [2.05, 4.69) is 4.99 Å². The second-order valence-corrected chi connectivity index (χ2v) is 4.61. The lowest BCUT2D eigenvalue weighted by Crippen LogP contribution is -2.03. The van der Waals surface area contributed by atoms with Gasteiger partial charge in [0, 0.05) is 5.71 Å². The van der Waals surface area contributed by atoms with Gasteiger partial charge in [0.05, 0.1) is 11.3 Å². The normalized spacial score (nSPS) is 12.6. The van der Waals surface area contributed by atoms with Crippen LogP contribution in [-0.4, -0.2) is 5.71 Å². The Bertz CT molecular complexity index is 608. The molecule has 20 heavy (non-hydrogen) atoms. The first-order chi connectivity index (χ1) is 9.36. The Kier molecular flexibility index (Phi) is 3.93. The summed E-state index contributed by atoms with van der Waals surface area (Å²) in [5, 5.41) is 0. The molecule has 0 heterocycles. The van der Waals surface area contributed by atoms with Gasteiger partial charge < -0.3 is 0 Å². The van der Waals surface area contributed by atoms with Crippen LogP contribution in [0.3, 0.4) is 0 Å². The number of aryl methyl sites for hydroxylation is 1. The van der Waals surface area contributed by atoms with Gasteiger partial charge >= 0.3 is 6.18 Å². The second kappa shape index (κ2) is 5.49. The minimum atomic E-state index is -4.31. The molecular weight excluding hydrogens is 263 g/mol. The number of aliphatic imine (C=N–C) groups is 1. The van der Waals surface area contributed by atoms with Crippen LogP contribution in [0.5, 0.6) is 0 Å². The highest BCUT2D eigenvalue weighted by Gasteiger charge is 2.29. The fraction of sp³-hybridized carbons (Fsp3) is 0.188. The van der Waals surface area contributed by atoms with Gasteiger partial charge in [0.15, 0.2) is 0 Å². The summed E-state index contributed by atoms with van der Waals surface area (Å²) in [6.07, 6.45) is -4.31. The third kappa shape index (κ3) is 3.47. The third-order valence-electron chi connectivity index (χ3n) is 2.96. The highest BCUT2D eigenvalue weighted by atomic mass is 19.4. The minimum Gasteiger partial charge on any atom is -0.253 e. The standard InChI is InChI=1S/C16H14F3N/c1-11-3-5-13(6-4-11)12(2)20-15-9-7-14(8-10-15)16(17,18)19/h3-10H,1-2H3. The van der Waals surface area contributed by atoms with Gasteiger partial charge in [-0.2, -0.15) is 13.2 Å². The van der Waals surface area contributed by atoms with E-state index in [1.165, 1.54) is 12.1 Å². The average molecular weight is 277 g/mol. The Balaban J connectivity index is 2.24. The molecule has 0 atom stereocenters. The van der Waals surface area contributed by atoms with E-state index in [0.29, 0.717) is 5.69 Å². The predicted octanol–water partition coefficient (Wildman–Crippen LogP) is 5.15. The van der Waals surface area contributed by atoms with Gasteiger partial charge in [0.1, 0.15) is 0 Å². The Morgan fingerprint density at radius 1 is 0.900 bits per heavy atom. The topological polar surface area (TPSA) is 12.4 Å². The van der Waals surface area contributed by atoms with Crippen LogP contribution in [0.25, 0.3) is 0 Å². The summed E-state index contributed by atoms with van der Waals surface area (Å²) in [6.45, 7) is 3.83.